The Morgan fingerprint density at radius 1 is 1.53 bits per heavy atom. The minimum atomic E-state index is -0.892. The van der Waals surface area contributed by atoms with Crippen LogP contribution in [0.5, 0.6) is 0 Å². The van der Waals surface area contributed by atoms with Gasteiger partial charge in [0.15, 0.2) is 0 Å². The van der Waals surface area contributed by atoms with Gasteiger partial charge in [-0.2, -0.15) is 0 Å². The zero-order valence-electron chi connectivity index (χ0n) is 10.7. The van der Waals surface area contributed by atoms with Crippen LogP contribution in [0.1, 0.15) is 38.1 Å². The Morgan fingerprint density at radius 2 is 2.26 bits per heavy atom. The van der Waals surface area contributed by atoms with E-state index in [4.69, 9.17) is 5.11 Å². The highest BCUT2D eigenvalue weighted by Gasteiger charge is 2.33. The molecule has 1 heterocycles. The van der Waals surface area contributed by atoms with Gasteiger partial charge < -0.3 is 20.7 Å². The molecule has 1 saturated carbocycles. The van der Waals surface area contributed by atoms with Gasteiger partial charge in [-0.1, -0.05) is 0 Å². The van der Waals surface area contributed by atoms with Gasteiger partial charge in [-0.05, 0) is 25.7 Å². The number of aliphatic carboxylic acids is 1. The smallest absolute Gasteiger partial charge is 0.315 e. The number of rotatable bonds is 6. The summed E-state index contributed by atoms with van der Waals surface area (Å²) >= 11 is 0. The van der Waals surface area contributed by atoms with Gasteiger partial charge in [0.2, 0.25) is 0 Å². The number of urea groups is 1. The first-order valence-corrected chi connectivity index (χ1v) is 6.34. The fraction of sp³-hybridized carbons (Fsp3) is 0.583. The fourth-order valence-corrected chi connectivity index (χ4v) is 2.01. The summed E-state index contributed by atoms with van der Waals surface area (Å²) < 4.78 is 0. The lowest BCUT2D eigenvalue weighted by atomic mass is 10.1. The van der Waals surface area contributed by atoms with Crippen LogP contribution in [0.15, 0.2) is 12.4 Å². The molecule has 1 aromatic heterocycles. The number of aromatic amines is 1. The Bertz CT molecular complexity index is 442. The number of carbonyl (C=O) groups excluding carboxylic acids is 1. The monoisotopic (exact) mass is 266 g/mol. The summed E-state index contributed by atoms with van der Waals surface area (Å²) in [5.74, 6) is 0.0633. The first kappa shape index (κ1) is 13.4. The average molecular weight is 266 g/mol. The molecule has 0 radical (unpaired) electrons. The van der Waals surface area contributed by atoms with Crippen LogP contribution in [-0.2, 0) is 4.79 Å². The highest BCUT2D eigenvalue weighted by Crippen LogP contribution is 2.34. The van der Waals surface area contributed by atoms with E-state index in [-0.39, 0.29) is 24.5 Å². The molecule has 2 atom stereocenters. The molecule has 0 saturated heterocycles. The number of carbonyl (C=O) groups is 2. The van der Waals surface area contributed by atoms with Crippen molar-refractivity contribution in [2.75, 3.05) is 0 Å². The van der Waals surface area contributed by atoms with Crippen molar-refractivity contribution in [3.8, 4) is 0 Å². The minimum Gasteiger partial charge on any atom is -0.481 e. The third kappa shape index (κ3) is 3.97. The van der Waals surface area contributed by atoms with Crippen LogP contribution < -0.4 is 10.6 Å². The maximum absolute atomic E-state index is 11.8. The highest BCUT2D eigenvalue weighted by molar-refractivity contribution is 5.76. The zero-order valence-corrected chi connectivity index (χ0v) is 10.7. The van der Waals surface area contributed by atoms with Crippen molar-refractivity contribution in [2.45, 2.75) is 38.3 Å². The van der Waals surface area contributed by atoms with Crippen LogP contribution in [0.4, 0.5) is 4.79 Å². The second-order valence-electron chi connectivity index (χ2n) is 4.86. The molecule has 0 bridgehead atoms. The number of aromatic nitrogens is 2. The Hall–Kier alpha value is -2.05. The minimum absolute atomic E-state index is 0.0345. The third-order valence-electron chi connectivity index (χ3n) is 3.18. The van der Waals surface area contributed by atoms with E-state index in [2.05, 4.69) is 20.6 Å². The van der Waals surface area contributed by atoms with Crippen molar-refractivity contribution in [2.24, 2.45) is 5.92 Å². The average Bonchev–Trinajstić information content (AvgIpc) is 3.02. The molecule has 7 nitrogen and oxygen atoms in total. The van der Waals surface area contributed by atoms with E-state index in [9.17, 15) is 9.59 Å². The van der Waals surface area contributed by atoms with Crippen molar-refractivity contribution in [1.82, 2.24) is 20.6 Å². The van der Waals surface area contributed by atoms with Gasteiger partial charge in [0.1, 0.15) is 5.82 Å². The van der Waals surface area contributed by atoms with E-state index in [1.54, 1.807) is 12.4 Å². The number of carboxylic acids is 1. The highest BCUT2D eigenvalue weighted by atomic mass is 16.4. The summed E-state index contributed by atoms with van der Waals surface area (Å²) in [5, 5.41) is 14.3. The lowest BCUT2D eigenvalue weighted by Crippen LogP contribution is -2.45. The first-order valence-electron chi connectivity index (χ1n) is 6.34. The lowest BCUT2D eigenvalue weighted by molar-refractivity contribution is -0.137. The number of nitrogens with one attached hydrogen (secondary N) is 3. The molecule has 1 fully saturated rings. The van der Waals surface area contributed by atoms with Crippen molar-refractivity contribution in [1.29, 1.82) is 0 Å². The molecule has 1 aromatic rings. The van der Waals surface area contributed by atoms with Gasteiger partial charge in [0.05, 0.1) is 12.5 Å². The number of carboxylic acid groups (broad SMARTS) is 1. The first-order chi connectivity index (χ1) is 9.06. The number of H-pyrrole nitrogens is 1. The van der Waals surface area contributed by atoms with E-state index in [0.717, 1.165) is 12.8 Å². The Balaban J connectivity index is 1.83. The second-order valence-corrected chi connectivity index (χ2v) is 4.86. The zero-order chi connectivity index (χ0) is 13.8. The molecule has 0 spiro atoms. The van der Waals surface area contributed by atoms with E-state index < -0.39 is 5.97 Å². The quantitative estimate of drug-likeness (QED) is 0.616. The van der Waals surface area contributed by atoms with Crippen molar-refractivity contribution >= 4 is 12.0 Å². The Kier molecular flexibility index (Phi) is 4.03. The van der Waals surface area contributed by atoms with E-state index in [0.29, 0.717) is 11.7 Å². The molecule has 19 heavy (non-hydrogen) atoms. The second kappa shape index (κ2) is 5.73. The molecule has 104 valence electrons. The molecule has 7 heteroatoms. The van der Waals surface area contributed by atoms with Crippen LogP contribution in [-0.4, -0.2) is 33.1 Å². The van der Waals surface area contributed by atoms with Crippen LogP contribution in [0.2, 0.25) is 0 Å². The number of amides is 2. The molecule has 2 amide bonds. The maximum Gasteiger partial charge on any atom is 0.315 e. The summed E-state index contributed by atoms with van der Waals surface area (Å²) in [6.45, 7) is 1.81. The molecule has 2 unspecified atom stereocenters. The predicted molar refractivity (Wildman–Crippen MR) is 67.4 cm³/mol. The molecule has 0 aromatic carbocycles. The molecule has 4 N–H and O–H groups in total. The molecule has 2 rings (SSSR count). The normalized spacial score (nSPS) is 17.5. The van der Waals surface area contributed by atoms with Gasteiger partial charge >= 0.3 is 12.0 Å². The molecule has 1 aliphatic rings. The van der Waals surface area contributed by atoms with Gasteiger partial charge in [-0.25, -0.2) is 9.78 Å². The topological polar surface area (TPSA) is 107 Å². The number of nitrogens with zero attached hydrogens (tertiary/aromatic N) is 1. The Morgan fingerprint density at radius 3 is 2.79 bits per heavy atom. The van der Waals surface area contributed by atoms with Crippen molar-refractivity contribution < 1.29 is 14.7 Å². The molecule has 1 aliphatic carbocycles. The van der Waals surface area contributed by atoms with Gasteiger partial charge in [0.25, 0.3) is 0 Å². The van der Waals surface area contributed by atoms with Crippen LogP contribution in [0.3, 0.4) is 0 Å². The summed E-state index contributed by atoms with van der Waals surface area (Å²) in [6, 6.07) is -0.900. The maximum atomic E-state index is 11.8. The fourth-order valence-electron chi connectivity index (χ4n) is 2.01. The lowest BCUT2D eigenvalue weighted by Gasteiger charge is -2.18. The summed E-state index contributed by atoms with van der Waals surface area (Å²) in [7, 11) is 0. The van der Waals surface area contributed by atoms with Crippen LogP contribution in [0.25, 0.3) is 0 Å². The molecular weight excluding hydrogens is 248 g/mol. The SMILES string of the molecule is CC(NC(=O)NC(CC(=O)O)C1CC1)c1ncc[nH]1. The third-order valence-corrected chi connectivity index (χ3v) is 3.18. The van der Waals surface area contributed by atoms with Crippen LogP contribution >= 0.6 is 0 Å². The summed E-state index contributed by atoms with van der Waals surface area (Å²) in [6.07, 6.45) is 5.22. The van der Waals surface area contributed by atoms with Gasteiger partial charge in [0, 0.05) is 18.4 Å². The van der Waals surface area contributed by atoms with Crippen LogP contribution in [0, 0.1) is 5.92 Å². The largest absolute Gasteiger partial charge is 0.481 e. The number of hydrogen-bond donors (Lipinski definition) is 4. The van der Waals surface area contributed by atoms with E-state index in [1.807, 2.05) is 6.92 Å². The molecular formula is C12H18N4O3. The Labute approximate surface area is 110 Å². The molecule has 0 aliphatic heterocycles. The van der Waals surface area contributed by atoms with Crippen molar-refractivity contribution in [3.05, 3.63) is 18.2 Å². The number of imidazole rings is 1. The number of hydrogen-bond acceptors (Lipinski definition) is 3. The van der Waals surface area contributed by atoms with E-state index >= 15 is 0 Å². The van der Waals surface area contributed by atoms with E-state index in [1.165, 1.54) is 0 Å². The van der Waals surface area contributed by atoms with Gasteiger partial charge in [-0.15, -0.1) is 0 Å². The van der Waals surface area contributed by atoms with Crippen molar-refractivity contribution in [3.63, 3.8) is 0 Å². The summed E-state index contributed by atoms with van der Waals surface area (Å²) in [5.41, 5.74) is 0. The summed E-state index contributed by atoms with van der Waals surface area (Å²) in [4.78, 5) is 29.5. The predicted octanol–water partition coefficient (Wildman–Crippen LogP) is 1.02. The standard InChI is InChI=1S/C12H18N4O3/c1-7(11-13-4-5-14-11)15-12(19)16-9(6-10(17)18)8-2-3-8/h4-5,7-9H,2-3,6H2,1H3,(H,13,14)(H,17,18)(H2,15,16,19). The van der Waals surface area contributed by atoms with Gasteiger partial charge in [-0.3, -0.25) is 4.79 Å².